The molecule has 13 heteroatoms. The molecule has 0 aromatic carbocycles. The number of carbonyl (C=O) groups excluding carboxylic acids is 1. The van der Waals surface area contributed by atoms with E-state index in [9.17, 15) is 14.4 Å². The van der Waals surface area contributed by atoms with E-state index in [0.29, 0.717) is 11.3 Å². The Morgan fingerprint density at radius 1 is 1.23 bits per heavy atom. The van der Waals surface area contributed by atoms with Crippen LogP contribution in [-0.4, -0.2) is 74.8 Å². The Morgan fingerprint density at radius 3 is 2.71 bits per heavy atom. The quantitative estimate of drug-likeness (QED) is 0.595. The van der Waals surface area contributed by atoms with Crippen LogP contribution in [0, 0.1) is 5.41 Å². The highest BCUT2D eigenvalue weighted by molar-refractivity contribution is 5.75. The summed E-state index contributed by atoms with van der Waals surface area (Å²) in [6.45, 7) is -0.825. The second kappa shape index (κ2) is 6.36. The van der Waals surface area contributed by atoms with Crippen molar-refractivity contribution in [2.45, 2.75) is 5.92 Å². The van der Waals surface area contributed by atoms with Crippen LogP contribution in [0.2, 0.25) is 0 Å². The third-order valence-electron chi connectivity index (χ3n) is 5.85. The average Bonchev–Trinajstić information content (AvgIpc) is 3.27. The van der Waals surface area contributed by atoms with Crippen molar-refractivity contribution < 1.29 is 18.3 Å². The standard InChI is InChI=1S/C18H17F2N7O4/c1-31-16(30)26-7-17(8-26)6-25(9-18(17,19)20)12-4-11(24-27-3-2-21-13(12)27)10-5-22-15(29)23-14(10)28/h2-5H,6-9H2,1H3,(H2,22,23,28,29). The maximum Gasteiger partial charge on any atom is 0.409 e. The number of rotatable bonds is 2. The molecule has 162 valence electrons. The molecule has 0 saturated carbocycles. The molecule has 2 saturated heterocycles. The third kappa shape index (κ3) is 2.79. The van der Waals surface area contributed by atoms with Crippen molar-refractivity contribution in [2.24, 2.45) is 5.41 Å². The van der Waals surface area contributed by atoms with Gasteiger partial charge in [0.15, 0.2) is 5.65 Å². The van der Waals surface area contributed by atoms with Crippen molar-refractivity contribution in [3.8, 4) is 11.3 Å². The summed E-state index contributed by atoms with van der Waals surface area (Å²) in [6, 6.07) is 1.50. The van der Waals surface area contributed by atoms with Gasteiger partial charge >= 0.3 is 11.8 Å². The second-order valence-corrected chi connectivity index (χ2v) is 7.76. The minimum atomic E-state index is -3.06. The molecule has 0 bridgehead atoms. The number of aromatic nitrogens is 5. The van der Waals surface area contributed by atoms with Crippen LogP contribution in [0.4, 0.5) is 19.3 Å². The van der Waals surface area contributed by atoms with Crippen molar-refractivity contribution in [3.63, 3.8) is 0 Å². The van der Waals surface area contributed by atoms with E-state index in [-0.39, 0.29) is 30.9 Å². The summed E-state index contributed by atoms with van der Waals surface area (Å²) in [4.78, 5) is 46.6. The topological polar surface area (TPSA) is 129 Å². The Hall–Kier alpha value is -3.77. The Balaban J connectivity index is 1.55. The van der Waals surface area contributed by atoms with Crippen LogP contribution in [0.15, 0.2) is 34.2 Å². The fraction of sp³-hybridized carbons (Fsp3) is 0.389. The van der Waals surface area contributed by atoms with Gasteiger partial charge in [0.05, 0.1) is 30.3 Å². The summed E-state index contributed by atoms with van der Waals surface area (Å²) >= 11 is 0. The van der Waals surface area contributed by atoms with Crippen LogP contribution in [0.3, 0.4) is 0 Å². The van der Waals surface area contributed by atoms with Gasteiger partial charge in [0.25, 0.3) is 11.5 Å². The van der Waals surface area contributed by atoms with Gasteiger partial charge < -0.3 is 19.5 Å². The summed E-state index contributed by atoms with van der Waals surface area (Å²) in [5, 5.41) is 4.31. The fourth-order valence-electron chi connectivity index (χ4n) is 4.25. The minimum Gasteiger partial charge on any atom is -0.453 e. The molecular formula is C18H17F2N7O4. The van der Waals surface area contributed by atoms with Crippen molar-refractivity contribution in [2.75, 3.05) is 38.2 Å². The number of H-pyrrole nitrogens is 2. The average molecular weight is 433 g/mol. The smallest absolute Gasteiger partial charge is 0.409 e. The number of alkyl halides is 2. The molecule has 2 N–H and O–H groups in total. The Bertz CT molecular complexity index is 1310. The Morgan fingerprint density at radius 2 is 2.00 bits per heavy atom. The molecular weight excluding hydrogens is 416 g/mol. The lowest BCUT2D eigenvalue weighted by Crippen LogP contribution is -2.65. The molecule has 3 aromatic heterocycles. The largest absolute Gasteiger partial charge is 0.453 e. The van der Waals surface area contributed by atoms with E-state index in [1.807, 2.05) is 0 Å². The van der Waals surface area contributed by atoms with E-state index in [4.69, 9.17) is 0 Å². The van der Waals surface area contributed by atoms with Crippen LogP contribution in [0.5, 0.6) is 0 Å². The fourth-order valence-corrected chi connectivity index (χ4v) is 4.25. The SMILES string of the molecule is COC(=O)N1CC2(C1)CN(c1cc(-c3c[nH]c(=O)[nH]c3=O)nn3ccnc13)CC2(F)F. The van der Waals surface area contributed by atoms with Crippen molar-refractivity contribution in [3.05, 3.63) is 45.5 Å². The molecule has 1 amide bonds. The van der Waals surface area contributed by atoms with Gasteiger partial charge in [-0.25, -0.2) is 27.9 Å². The maximum absolute atomic E-state index is 15.0. The Labute approximate surface area is 172 Å². The molecule has 0 aliphatic carbocycles. The van der Waals surface area contributed by atoms with Gasteiger partial charge in [-0.3, -0.25) is 9.78 Å². The van der Waals surface area contributed by atoms with Gasteiger partial charge in [-0.15, -0.1) is 0 Å². The van der Waals surface area contributed by atoms with Gasteiger partial charge in [-0.1, -0.05) is 0 Å². The first-order chi connectivity index (χ1) is 14.7. The van der Waals surface area contributed by atoms with Crippen molar-refractivity contribution in [1.82, 2.24) is 29.5 Å². The highest BCUT2D eigenvalue weighted by Gasteiger charge is 2.67. The van der Waals surface area contributed by atoms with Gasteiger partial charge in [-0.05, 0) is 6.07 Å². The zero-order chi connectivity index (χ0) is 22.0. The number of hydrogen-bond acceptors (Lipinski definition) is 7. The molecule has 11 nitrogen and oxygen atoms in total. The summed E-state index contributed by atoms with van der Waals surface area (Å²) in [5.74, 6) is -3.06. The zero-order valence-electron chi connectivity index (χ0n) is 16.3. The molecule has 2 aliphatic heterocycles. The number of ether oxygens (including phenoxy) is 1. The van der Waals surface area contributed by atoms with E-state index < -0.39 is 35.2 Å². The molecule has 0 radical (unpaired) electrons. The normalized spacial score (nSPS) is 19.1. The van der Waals surface area contributed by atoms with E-state index in [1.165, 1.54) is 46.1 Å². The van der Waals surface area contributed by atoms with Gasteiger partial charge in [0.1, 0.15) is 5.69 Å². The number of methoxy groups -OCH3 is 1. The predicted molar refractivity (Wildman–Crippen MR) is 103 cm³/mol. The lowest BCUT2D eigenvalue weighted by atomic mass is 9.76. The molecule has 1 spiro atoms. The van der Waals surface area contributed by atoms with E-state index >= 15 is 8.78 Å². The van der Waals surface area contributed by atoms with Crippen LogP contribution < -0.4 is 16.1 Å². The molecule has 5 heterocycles. The lowest BCUT2D eigenvalue weighted by molar-refractivity contribution is -0.147. The highest BCUT2D eigenvalue weighted by Crippen LogP contribution is 2.51. The number of nitrogens with zero attached hydrogens (tertiary/aromatic N) is 5. The van der Waals surface area contributed by atoms with E-state index in [0.717, 1.165) is 0 Å². The lowest BCUT2D eigenvalue weighted by Gasteiger charge is -2.49. The number of anilines is 1. The maximum atomic E-state index is 15.0. The zero-order valence-corrected chi connectivity index (χ0v) is 16.3. The van der Waals surface area contributed by atoms with Gasteiger partial charge in [0.2, 0.25) is 0 Å². The number of nitrogens with one attached hydrogen (secondary N) is 2. The van der Waals surface area contributed by atoms with Crippen LogP contribution >= 0.6 is 0 Å². The highest BCUT2D eigenvalue weighted by atomic mass is 19.3. The number of amides is 1. The number of aromatic amines is 2. The first kappa shape index (κ1) is 19.2. The molecule has 2 aliphatic rings. The van der Waals surface area contributed by atoms with Gasteiger partial charge in [-0.2, -0.15) is 5.10 Å². The Kier molecular flexibility index (Phi) is 3.94. The molecule has 3 aromatic rings. The molecule has 5 rings (SSSR count). The number of likely N-dealkylation sites (tertiary alicyclic amines) is 1. The number of hydrogen-bond donors (Lipinski definition) is 2. The summed E-state index contributed by atoms with van der Waals surface area (Å²) in [5.41, 5.74) is -1.74. The monoisotopic (exact) mass is 433 g/mol. The number of imidazole rings is 1. The predicted octanol–water partition coefficient (Wildman–Crippen LogP) is 0.297. The van der Waals surface area contributed by atoms with Gasteiger partial charge in [0, 0.05) is 38.2 Å². The van der Waals surface area contributed by atoms with E-state index in [2.05, 4.69) is 24.8 Å². The van der Waals surface area contributed by atoms with Crippen molar-refractivity contribution >= 4 is 17.4 Å². The van der Waals surface area contributed by atoms with Crippen LogP contribution in [0.25, 0.3) is 16.9 Å². The van der Waals surface area contributed by atoms with Crippen LogP contribution in [-0.2, 0) is 4.74 Å². The third-order valence-corrected chi connectivity index (χ3v) is 5.85. The first-order valence-corrected chi connectivity index (χ1v) is 9.35. The molecule has 0 atom stereocenters. The van der Waals surface area contributed by atoms with Crippen molar-refractivity contribution in [1.29, 1.82) is 0 Å². The van der Waals surface area contributed by atoms with Crippen LogP contribution in [0.1, 0.15) is 0 Å². The van der Waals surface area contributed by atoms with E-state index in [1.54, 1.807) is 0 Å². The number of halogens is 2. The molecule has 31 heavy (non-hydrogen) atoms. The summed E-state index contributed by atoms with van der Waals surface area (Å²) in [7, 11) is 1.21. The number of carbonyl (C=O) groups is 1. The first-order valence-electron chi connectivity index (χ1n) is 9.35. The summed E-state index contributed by atoms with van der Waals surface area (Å²) in [6.07, 6.45) is 3.59. The molecule has 0 unspecified atom stereocenters. The minimum absolute atomic E-state index is 0.0125. The molecule has 2 fully saturated rings. The summed E-state index contributed by atoms with van der Waals surface area (Å²) < 4.78 is 36.0. The number of fused-ring (bicyclic) bond motifs is 1. The second-order valence-electron chi connectivity index (χ2n) is 7.76.